The molecule has 1 radical (unpaired) electrons. The molecule has 2 unspecified atom stereocenters. The van der Waals surface area contributed by atoms with E-state index in [0.717, 1.165) is 43.7 Å². The Bertz CT molecular complexity index is 738. The Kier molecular flexibility index (Phi) is 3.86. The molecular formula is C20H19F3N. The molecule has 0 spiro atoms. The van der Waals surface area contributed by atoms with E-state index in [2.05, 4.69) is 11.1 Å². The van der Waals surface area contributed by atoms with Crippen LogP contribution in [0.3, 0.4) is 0 Å². The molecule has 125 valence electrons. The van der Waals surface area contributed by atoms with Gasteiger partial charge in [-0.25, -0.2) is 0 Å². The van der Waals surface area contributed by atoms with E-state index >= 15 is 0 Å². The summed E-state index contributed by atoms with van der Waals surface area (Å²) in [5.41, 5.74) is 2.27. The van der Waals surface area contributed by atoms with Gasteiger partial charge in [0.15, 0.2) is 0 Å². The van der Waals surface area contributed by atoms with Crippen molar-refractivity contribution in [2.75, 3.05) is 0 Å². The molecule has 1 nitrogen and oxygen atoms in total. The van der Waals surface area contributed by atoms with Gasteiger partial charge in [0.05, 0.1) is 5.56 Å². The summed E-state index contributed by atoms with van der Waals surface area (Å²) in [6.45, 7) is 0. The molecule has 1 aromatic heterocycles. The maximum atomic E-state index is 13.4. The summed E-state index contributed by atoms with van der Waals surface area (Å²) in [6.07, 6.45) is 2.37. The van der Waals surface area contributed by atoms with Crippen molar-refractivity contribution < 1.29 is 13.2 Å². The third-order valence-corrected chi connectivity index (χ3v) is 5.47. The number of hydrogen-bond donors (Lipinski definition) is 0. The lowest BCUT2D eigenvalue weighted by atomic mass is 9.60. The summed E-state index contributed by atoms with van der Waals surface area (Å²) in [5, 5.41) is 0. The highest BCUT2D eigenvalue weighted by molar-refractivity contribution is 5.45. The zero-order valence-corrected chi connectivity index (χ0v) is 13.3. The first-order valence-corrected chi connectivity index (χ1v) is 8.52. The molecule has 4 rings (SSSR count). The Morgan fingerprint density at radius 2 is 1.75 bits per heavy atom. The Balaban J connectivity index is 1.67. The van der Waals surface area contributed by atoms with E-state index in [1.165, 1.54) is 17.7 Å². The predicted octanol–water partition coefficient (Wildman–Crippen LogP) is 5.55. The van der Waals surface area contributed by atoms with Crippen molar-refractivity contribution in [1.82, 2.24) is 4.98 Å². The third-order valence-electron chi connectivity index (χ3n) is 5.47. The second-order valence-corrected chi connectivity index (χ2v) is 6.76. The number of benzene rings is 1. The van der Waals surface area contributed by atoms with Crippen LogP contribution in [0.2, 0.25) is 0 Å². The van der Waals surface area contributed by atoms with Crippen LogP contribution in [0.1, 0.15) is 54.0 Å². The largest absolute Gasteiger partial charge is 0.416 e. The zero-order valence-electron chi connectivity index (χ0n) is 13.3. The van der Waals surface area contributed by atoms with Gasteiger partial charge < -0.3 is 0 Å². The van der Waals surface area contributed by atoms with Gasteiger partial charge in [-0.05, 0) is 61.3 Å². The first kappa shape index (κ1) is 15.7. The van der Waals surface area contributed by atoms with Gasteiger partial charge >= 0.3 is 6.18 Å². The van der Waals surface area contributed by atoms with Crippen LogP contribution in [-0.4, -0.2) is 4.98 Å². The number of rotatable bonds is 2. The molecule has 2 atom stereocenters. The minimum atomic E-state index is -4.30. The van der Waals surface area contributed by atoms with Gasteiger partial charge in [-0.2, -0.15) is 13.2 Å². The van der Waals surface area contributed by atoms with Crippen LogP contribution < -0.4 is 0 Å². The molecule has 4 heteroatoms. The molecule has 0 amide bonds. The lowest BCUT2D eigenvalue weighted by molar-refractivity contribution is -0.138. The number of aryl methyl sites for hydroxylation is 1. The van der Waals surface area contributed by atoms with Gasteiger partial charge in [0.1, 0.15) is 0 Å². The summed E-state index contributed by atoms with van der Waals surface area (Å²) >= 11 is 0. The van der Waals surface area contributed by atoms with Gasteiger partial charge in [0, 0.05) is 23.7 Å². The fourth-order valence-electron chi connectivity index (χ4n) is 4.28. The van der Waals surface area contributed by atoms with Gasteiger partial charge in [-0.1, -0.05) is 24.3 Å². The molecule has 0 saturated heterocycles. The number of alkyl halides is 3. The Hall–Kier alpha value is -1.84. The molecule has 2 aliphatic carbocycles. The summed E-state index contributed by atoms with van der Waals surface area (Å²) in [5.74, 6) is 1.42. The fourth-order valence-corrected chi connectivity index (χ4v) is 4.28. The van der Waals surface area contributed by atoms with Crippen molar-refractivity contribution in [2.24, 2.45) is 5.92 Å². The number of hydrogen-bond acceptors (Lipinski definition) is 1. The zero-order chi connectivity index (χ0) is 16.7. The van der Waals surface area contributed by atoms with Crippen LogP contribution in [0.25, 0.3) is 0 Å². The Labute approximate surface area is 139 Å². The predicted molar refractivity (Wildman–Crippen MR) is 86.4 cm³/mol. The molecule has 0 bridgehead atoms. The lowest BCUT2D eigenvalue weighted by Crippen LogP contribution is -2.34. The topological polar surface area (TPSA) is 12.9 Å². The highest BCUT2D eigenvalue weighted by atomic mass is 19.4. The molecule has 1 fully saturated rings. The number of pyridine rings is 1. The van der Waals surface area contributed by atoms with E-state index < -0.39 is 11.7 Å². The molecular weight excluding hydrogens is 311 g/mol. The number of halogens is 3. The molecule has 1 heterocycles. The van der Waals surface area contributed by atoms with Crippen molar-refractivity contribution in [3.05, 3.63) is 70.9 Å². The minimum Gasteiger partial charge on any atom is -0.261 e. The molecule has 0 aliphatic heterocycles. The van der Waals surface area contributed by atoms with Crippen molar-refractivity contribution in [3.8, 4) is 0 Å². The third kappa shape index (κ3) is 2.62. The van der Waals surface area contributed by atoms with E-state index in [1.54, 1.807) is 18.3 Å². The van der Waals surface area contributed by atoms with E-state index in [0.29, 0.717) is 5.56 Å². The fraction of sp³-hybridized carbons (Fsp3) is 0.400. The monoisotopic (exact) mass is 330 g/mol. The number of nitrogens with zero attached hydrogens (tertiary/aromatic N) is 1. The first-order chi connectivity index (χ1) is 11.6. The maximum Gasteiger partial charge on any atom is 0.416 e. The van der Waals surface area contributed by atoms with Crippen LogP contribution in [-0.2, 0) is 12.6 Å². The molecule has 24 heavy (non-hydrogen) atoms. The van der Waals surface area contributed by atoms with Crippen LogP contribution in [0, 0.1) is 11.8 Å². The van der Waals surface area contributed by atoms with Gasteiger partial charge in [-0.15, -0.1) is 0 Å². The van der Waals surface area contributed by atoms with Crippen molar-refractivity contribution >= 4 is 0 Å². The van der Waals surface area contributed by atoms with Crippen LogP contribution in [0.15, 0.2) is 42.6 Å². The molecule has 1 saturated carbocycles. The second-order valence-electron chi connectivity index (χ2n) is 6.76. The Morgan fingerprint density at radius 3 is 2.50 bits per heavy atom. The molecule has 0 N–H and O–H groups in total. The number of aromatic nitrogens is 1. The van der Waals surface area contributed by atoms with Gasteiger partial charge in [0.25, 0.3) is 0 Å². The first-order valence-electron chi connectivity index (χ1n) is 8.52. The number of fused-ring (bicyclic) bond motifs is 1. The smallest absolute Gasteiger partial charge is 0.261 e. The van der Waals surface area contributed by atoms with Gasteiger partial charge in [0.2, 0.25) is 0 Å². The SMILES string of the molecule is FC(F)(F)c1ccccc1[C]1CCC1C1CCCc2cccnc21. The van der Waals surface area contributed by atoms with E-state index in [1.807, 2.05) is 6.07 Å². The molecule has 1 aromatic carbocycles. The standard InChI is InChI=1S/C20H19F3N/c21-20(22,23)18-9-2-1-7-16(18)14-10-11-15(14)17-8-3-5-13-6-4-12-24-19(13)17/h1-2,4,6-7,9,12,15,17H,3,5,8,10-11H2. The Morgan fingerprint density at radius 1 is 0.917 bits per heavy atom. The van der Waals surface area contributed by atoms with Crippen LogP contribution >= 0.6 is 0 Å². The minimum absolute atomic E-state index is 0.197. The summed E-state index contributed by atoms with van der Waals surface area (Å²) in [4.78, 5) is 4.57. The quantitative estimate of drug-likeness (QED) is 0.703. The van der Waals surface area contributed by atoms with E-state index in [9.17, 15) is 13.2 Å². The van der Waals surface area contributed by atoms with Crippen molar-refractivity contribution in [3.63, 3.8) is 0 Å². The maximum absolute atomic E-state index is 13.4. The lowest BCUT2D eigenvalue weighted by Gasteiger charge is -2.44. The van der Waals surface area contributed by atoms with E-state index in [4.69, 9.17) is 0 Å². The van der Waals surface area contributed by atoms with Crippen molar-refractivity contribution in [1.29, 1.82) is 0 Å². The molecule has 2 aromatic rings. The summed E-state index contributed by atoms with van der Waals surface area (Å²) in [7, 11) is 0. The van der Waals surface area contributed by atoms with Crippen LogP contribution in [0.5, 0.6) is 0 Å². The highest BCUT2D eigenvalue weighted by Gasteiger charge is 2.44. The van der Waals surface area contributed by atoms with Crippen molar-refractivity contribution in [2.45, 2.75) is 44.2 Å². The van der Waals surface area contributed by atoms with E-state index in [-0.39, 0.29) is 11.8 Å². The average molecular weight is 330 g/mol. The highest BCUT2D eigenvalue weighted by Crippen LogP contribution is 2.53. The van der Waals surface area contributed by atoms with Gasteiger partial charge in [-0.3, -0.25) is 4.98 Å². The second kappa shape index (κ2) is 5.91. The summed E-state index contributed by atoms with van der Waals surface area (Å²) in [6, 6.07) is 10.1. The summed E-state index contributed by atoms with van der Waals surface area (Å²) < 4.78 is 40.1. The molecule has 2 aliphatic rings. The average Bonchev–Trinajstić information content (AvgIpc) is 2.54. The normalized spacial score (nSPS) is 24.3. The van der Waals surface area contributed by atoms with Crippen LogP contribution in [0.4, 0.5) is 13.2 Å².